The monoisotopic (exact) mass is 524 g/mol. The largest absolute Gasteiger partial charge is 0.478 e. The molecule has 0 aliphatic rings. The number of anilines is 2. The highest BCUT2D eigenvalue weighted by atomic mass is 35.5. The molecular formula is C29H18ClFN4O3. The molecule has 7 nitrogen and oxygen atoms in total. The van der Waals surface area contributed by atoms with Crippen molar-refractivity contribution >= 4 is 40.0 Å². The van der Waals surface area contributed by atoms with E-state index >= 15 is 0 Å². The van der Waals surface area contributed by atoms with Crippen molar-refractivity contribution in [3.8, 4) is 27.9 Å². The van der Waals surface area contributed by atoms with Gasteiger partial charge in [0.25, 0.3) is 0 Å². The van der Waals surface area contributed by atoms with E-state index in [-0.39, 0.29) is 10.6 Å². The molecule has 0 spiro atoms. The second-order valence-corrected chi connectivity index (χ2v) is 8.96. The molecular weight excluding hydrogens is 507 g/mol. The van der Waals surface area contributed by atoms with E-state index < -0.39 is 11.8 Å². The summed E-state index contributed by atoms with van der Waals surface area (Å²) in [4.78, 5) is 16.0. The Morgan fingerprint density at radius 1 is 0.974 bits per heavy atom. The first kappa shape index (κ1) is 23.4. The van der Waals surface area contributed by atoms with E-state index in [0.717, 1.165) is 11.3 Å². The molecule has 0 atom stereocenters. The molecule has 2 heterocycles. The predicted octanol–water partition coefficient (Wildman–Crippen LogP) is 7.58. The minimum Gasteiger partial charge on any atom is -0.478 e. The van der Waals surface area contributed by atoms with Crippen LogP contribution in [0.1, 0.15) is 10.4 Å². The molecule has 186 valence electrons. The smallest absolute Gasteiger partial charge is 0.336 e. The van der Waals surface area contributed by atoms with Crippen LogP contribution in [0.3, 0.4) is 0 Å². The van der Waals surface area contributed by atoms with Crippen LogP contribution in [0.5, 0.6) is 0 Å². The number of rotatable bonds is 6. The number of halogens is 2. The number of carbonyl (C=O) groups is 1. The number of imidazole rings is 1. The number of aromatic carboxylic acids is 1. The second kappa shape index (κ2) is 9.49. The zero-order valence-corrected chi connectivity index (χ0v) is 20.4. The van der Waals surface area contributed by atoms with Crippen molar-refractivity contribution in [2.45, 2.75) is 0 Å². The first-order chi connectivity index (χ1) is 18.5. The lowest BCUT2D eigenvalue weighted by Gasteiger charge is -2.11. The maximum Gasteiger partial charge on any atom is 0.336 e. The lowest BCUT2D eigenvalue weighted by molar-refractivity contribution is 0.0697. The van der Waals surface area contributed by atoms with Gasteiger partial charge in [-0.05, 0) is 65.2 Å². The summed E-state index contributed by atoms with van der Waals surface area (Å²) < 4.78 is 21.9. The van der Waals surface area contributed by atoms with Crippen LogP contribution in [0.15, 0.2) is 102 Å². The molecule has 0 amide bonds. The van der Waals surface area contributed by atoms with Gasteiger partial charge in [0.1, 0.15) is 5.82 Å². The molecule has 0 radical (unpaired) electrons. The Morgan fingerprint density at radius 3 is 2.55 bits per heavy atom. The third kappa shape index (κ3) is 4.27. The van der Waals surface area contributed by atoms with Crippen molar-refractivity contribution < 1.29 is 18.8 Å². The topological polar surface area (TPSA) is 93.2 Å². The van der Waals surface area contributed by atoms with Crippen LogP contribution in [-0.2, 0) is 0 Å². The molecule has 0 bridgehead atoms. The summed E-state index contributed by atoms with van der Waals surface area (Å²) in [5.74, 6) is -1.09. The van der Waals surface area contributed by atoms with Crippen LogP contribution in [-0.4, -0.2) is 25.8 Å². The average molecular weight is 525 g/mol. The van der Waals surface area contributed by atoms with Gasteiger partial charge in [-0.1, -0.05) is 47.1 Å². The van der Waals surface area contributed by atoms with E-state index in [1.54, 1.807) is 61.1 Å². The zero-order chi connectivity index (χ0) is 26.2. The van der Waals surface area contributed by atoms with E-state index in [9.17, 15) is 14.3 Å². The summed E-state index contributed by atoms with van der Waals surface area (Å²) in [5, 5.41) is 17.9. The summed E-state index contributed by atoms with van der Waals surface area (Å²) in [7, 11) is 0. The molecule has 0 aliphatic heterocycles. The molecule has 6 rings (SSSR count). The first-order valence-corrected chi connectivity index (χ1v) is 11.9. The summed E-state index contributed by atoms with van der Waals surface area (Å²) in [6.45, 7) is 0. The van der Waals surface area contributed by atoms with E-state index in [2.05, 4.69) is 15.5 Å². The average Bonchev–Trinajstić information content (AvgIpc) is 3.61. The Hall–Kier alpha value is -4.95. The highest BCUT2D eigenvalue weighted by Crippen LogP contribution is 2.34. The number of aromatic nitrogens is 3. The summed E-state index contributed by atoms with van der Waals surface area (Å²) >= 11 is 5.93. The third-order valence-corrected chi connectivity index (χ3v) is 6.52. The summed E-state index contributed by atoms with van der Waals surface area (Å²) in [6.07, 6.45) is 5.22. The van der Waals surface area contributed by atoms with Gasteiger partial charge in [0.15, 0.2) is 11.4 Å². The molecule has 9 heteroatoms. The quantitative estimate of drug-likeness (QED) is 0.233. The normalized spacial score (nSPS) is 11.1. The van der Waals surface area contributed by atoms with E-state index in [0.29, 0.717) is 39.2 Å². The second-order valence-electron chi connectivity index (χ2n) is 8.55. The molecule has 0 saturated heterocycles. The van der Waals surface area contributed by atoms with Crippen LogP contribution in [0.2, 0.25) is 5.02 Å². The van der Waals surface area contributed by atoms with Gasteiger partial charge in [-0.2, -0.15) is 0 Å². The van der Waals surface area contributed by atoms with Gasteiger partial charge in [-0.15, -0.1) is 0 Å². The van der Waals surface area contributed by atoms with Crippen molar-refractivity contribution in [1.82, 2.24) is 14.7 Å². The SMILES string of the molecule is O=C(O)c1ccc(Nc2noc3cc(-c4cccc(Cl)c4F)ccc23)cc1-c1ccc(-n2ccnc2)cc1. The van der Waals surface area contributed by atoms with E-state index in [4.69, 9.17) is 16.1 Å². The van der Waals surface area contributed by atoms with Crippen LogP contribution in [0.25, 0.3) is 38.9 Å². The Balaban J connectivity index is 1.33. The van der Waals surface area contributed by atoms with Crippen LogP contribution < -0.4 is 5.32 Å². The van der Waals surface area contributed by atoms with Crippen molar-refractivity contribution in [1.29, 1.82) is 0 Å². The Labute approximate surface area is 220 Å². The van der Waals surface area contributed by atoms with E-state index in [1.165, 1.54) is 6.07 Å². The number of nitrogens with zero attached hydrogens (tertiary/aromatic N) is 3. The maximum atomic E-state index is 14.5. The molecule has 0 aliphatic carbocycles. The van der Waals surface area contributed by atoms with Gasteiger partial charge in [0.2, 0.25) is 0 Å². The molecule has 0 unspecified atom stereocenters. The first-order valence-electron chi connectivity index (χ1n) is 11.5. The van der Waals surface area contributed by atoms with E-state index in [1.807, 2.05) is 35.0 Å². The number of benzene rings is 4. The summed E-state index contributed by atoms with van der Waals surface area (Å²) in [6, 6.07) is 22.6. The number of hydrogen-bond donors (Lipinski definition) is 2. The predicted molar refractivity (Wildman–Crippen MR) is 144 cm³/mol. The zero-order valence-electron chi connectivity index (χ0n) is 19.6. The van der Waals surface area contributed by atoms with Crippen molar-refractivity contribution in [2.24, 2.45) is 0 Å². The molecule has 0 saturated carbocycles. The van der Waals surface area contributed by atoms with Gasteiger partial charge in [0.05, 0.1) is 22.3 Å². The minimum absolute atomic E-state index is 0.0412. The Bertz CT molecular complexity index is 1800. The fraction of sp³-hybridized carbons (Fsp3) is 0. The molecule has 38 heavy (non-hydrogen) atoms. The highest BCUT2D eigenvalue weighted by Gasteiger charge is 2.16. The Morgan fingerprint density at radius 2 is 1.79 bits per heavy atom. The van der Waals surface area contributed by atoms with Crippen molar-refractivity contribution in [3.05, 3.63) is 114 Å². The molecule has 6 aromatic rings. The molecule has 2 N–H and O–H groups in total. The number of fused-ring (bicyclic) bond motifs is 1. The van der Waals surface area contributed by atoms with Crippen LogP contribution >= 0.6 is 11.6 Å². The number of carboxylic acids is 1. The molecule has 0 fully saturated rings. The van der Waals surface area contributed by atoms with Gasteiger partial charge in [-0.25, -0.2) is 14.2 Å². The van der Waals surface area contributed by atoms with Gasteiger partial charge in [-0.3, -0.25) is 0 Å². The Kier molecular flexibility index (Phi) is 5.86. The summed E-state index contributed by atoms with van der Waals surface area (Å²) in [5.41, 5.74) is 4.42. The van der Waals surface area contributed by atoms with Crippen LogP contribution in [0.4, 0.5) is 15.9 Å². The fourth-order valence-electron chi connectivity index (χ4n) is 4.33. The van der Waals surface area contributed by atoms with Gasteiger partial charge < -0.3 is 19.5 Å². The minimum atomic E-state index is -1.03. The molecule has 2 aromatic heterocycles. The van der Waals surface area contributed by atoms with Gasteiger partial charge >= 0.3 is 5.97 Å². The number of carboxylic acid groups (broad SMARTS) is 1. The lowest BCUT2D eigenvalue weighted by atomic mass is 9.98. The third-order valence-electron chi connectivity index (χ3n) is 6.23. The van der Waals surface area contributed by atoms with Crippen LogP contribution in [0, 0.1) is 5.82 Å². The van der Waals surface area contributed by atoms with Crippen molar-refractivity contribution in [2.75, 3.05) is 5.32 Å². The molecule has 4 aromatic carbocycles. The highest BCUT2D eigenvalue weighted by molar-refractivity contribution is 6.31. The lowest BCUT2D eigenvalue weighted by Crippen LogP contribution is -2.01. The standard InChI is InChI=1S/C29H18ClFN4O3/c30-25-3-1-2-21(27(25)31)18-6-10-23-26(14-18)38-34-28(23)33-19-7-11-22(29(36)37)24(15-19)17-4-8-20(9-5-17)35-13-12-32-16-35/h1-16H,(H,33,34)(H,36,37). The number of hydrogen-bond acceptors (Lipinski definition) is 5. The fourth-order valence-corrected chi connectivity index (χ4v) is 4.51. The maximum absolute atomic E-state index is 14.5. The van der Waals surface area contributed by atoms with Gasteiger partial charge in [0, 0.05) is 29.3 Å². The number of nitrogens with one attached hydrogen (secondary N) is 1. The van der Waals surface area contributed by atoms with Crippen molar-refractivity contribution in [3.63, 3.8) is 0 Å².